The van der Waals surface area contributed by atoms with E-state index >= 15 is 0 Å². The predicted octanol–water partition coefficient (Wildman–Crippen LogP) is 8.14. The van der Waals surface area contributed by atoms with Crippen molar-refractivity contribution in [1.29, 1.82) is 0 Å². The Morgan fingerprint density at radius 3 is 1.71 bits per heavy atom. The smallest absolute Gasteiger partial charge is 0.135 e. The summed E-state index contributed by atoms with van der Waals surface area (Å²) in [5, 5.41) is 4.25. The van der Waals surface area contributed by atoms with Crippen LogP contribution in [0.1, 0.15) is 39.5 Å². The Kier molecular flexibility index (Phi) is 6.93. The van der Waals surface area contributed by atoms with E-state index in [1.165, 1.54) is 0 Å². The lowest BCUT2D eigenvalue weighted by Gasteiger charge is -2.18. The summed E-state index contributed by atoms with van der Waals surface area (Å²) in [4.78, 5) is 0. The molecule has 0 aliphatic carbocycles. The van der Waals surface area contributed by atoms with E-state index in [9.17, 15) is 0 Å². The molecular weight excluding hydrogens is 384 g/mol. The summed E-state index contributed by atoms with van der Waals surface area (Å²) in [6, 6.07) is 24.4. The van der Waals surface area contributed by atoms with Crippen molar-refractivity contribution in [2.45, 2.75) is 39.5 Å². The van der Waals surface area contributed by atoms with Gasteiger partial charge < -0.3 is 14.2 Å². The van der Waals surface area contributed by atoms with Crippen molar-refractivity contribution >= 4 is 21.5 Å². The summed E-state index contributed by atoms with van der Waals surface area (Å²) >= 11 is 0. The molecule has 0 fully saturated rings. The first-order chi connectivity index (χ1) is 15.3. The molecule has 4 aromatic rings. The van der Waals surface area contributed by atoms with Gasteiger partial charge in [0.2, 0.25) is 0 Å². The van der Waals surface area contributed by atoms with Crippen LogP contribution in [0.3, 0.4) is 0 Å². The standard InChI is InChI=1S/C28H30O3/c1-3-5-18-29-27-23-14-10-11-15-24(23)28(30-19-6-4-2)26-20-22(16-17-25(26)27)31-21-12-8-7-9-13-21/h7-17,20H,3-6,18-19H2,1-2H3. The Labute approximate surface area is 184 Å². The van der Waals surface area contributed by atoms with Crippen molar-refractivity contribution < 1.29 is 14.2 Å². The second-order valence-electron chi connectivity index (χ2n) is 7.73. The van der Waals surface area contributed by atoms with Crippen LogP contribution in [0.5, 0.6) is 23.0 Å². The zero-order valence-corrected chi connectivity index (χ0v) is 18.4. The van der Waals surface area contributed by atoms with Gasteiger partial charge in [0.25, 0.3) is 0 Å². The van der Waals surface area contributed by atoms with Gasteiger partial charge in [-0.3, -0.25) is 0 Å². The van der Waals surface area contributed by atoms with Gasteiger partial charge in [0.05, 0.1) is 13.2 Å². The van der Waals surface area contributed by atoms with Crippen LogP contribution in [-0.4, -0.2) is 13.2 Å². The fraction of sp³-hybridized carbons (Fsp3) is 0.286. The molecule has 0 aliphatic heterocycles. The van der Waals surface area contributed by atoms with Crippen molar-refractivity contribution in [3.8, 4) is 23.0 Å². The molecule has 0 saturated carbocycles. The molecule has 3 heteroatoms. The van der Waals surface area contributed by atoms with Crippen LogP contribution in [0.4, 0.5) is 0 Å². The Morgan fingerprint density at radius 1 is 0.548 bits per heavy atom. The summed E-state index contributed by atoms with van der Waals surface area (Å²) < 4.78 is 18.8. The van der Waals surface area contributed by atoms with Gasteiger partial charge in [-0.25, -0.2) is 0 Å². The number of para-hydroxylation sites is 1. The normalized spacial score (nSPS) is 11.0. The first-order valence-electron chi connectivity index (χ1n) is 11.3. The molecule has 0 atom stereocenters. The van der Waals surface area contributed by atoms with Gasteiger partial charge in [-0.2, -0.15) is 0 Å². The van der Waals surface area contributed by atoms with Gasteiger partial charge >= 0.3 is 0 Å². The van der Waals surface area contributed by atoms with Crippen LogP contribution in [-0.2, 0) is 0 Å². The van der Waals surface area contributed by atoms with Crippen molar-refractivity contribution in [3.05, 3.63) is 72.8 Å². The molecule has 0 spiro atoms. The number of rotatable bonds is 10. The van der Waals surface area contributed by atoms with Gasteiger partial charge in [0.1, 0.15) is 23.0 Å². The van der Waals surface area contributed by atoms with E-state index in [1.807, 2.05) is 36.4 Å². The number of unbranched alkanes of at least 4 members (excludes halogenated alkanes) is 2. The maximum Gasteiger partial charge on any atom is 0.135 e. The van der Waals surface area contributed by atoms with Gasteiger partial charge in [-0.05, 0) is 43.2 Å². The number of hydrogen-bond acceptors (Lipinski definition) is 3. The molecule has 31 heavy (non-hydrogen) atoms. The number of hydrogen-bond donors (Lipinski definition) is 0. The number of fused-ring (bicyclic) bond motifs is 2. The van der Waals surface area contributed by atoms with E-state index in [-0.39, 0.29) is 0 Å². The molecule has 0 heterocycles. The summed E-state index contributed by atoms with van der Waals surface area (Å²) in [5.74, 6) is 3.43. The summed E-state index contributed by atoms with van der Waals surface area (Å²) in [6.45, 7) is 5.75. The average molecular weight is 415 g/mol. The second-order valence-corrected chi connectivity index (χ2v) is 7.73. The van der Waals surface area contributed by atoms with Gasteiger partial charge in [-0.1, -0.05) is 69.2 Å². The van der Waals surface area contributed by atoms with E-state index < -0.39 is 0 Å². The zero-order valence-electron chi connectivity index (χ0n) is 18.4. The van der Waals surface area contributed by atoms with Crippen LogP contribution in [0.15, 0.2) is 72.8 Å². The van der Waals surface area contributed by atoms with Gasteiger partial charge in [0.15, 0.2) is 0 Å². The van der Waals surface area contributed by atoms with E-state index in [1.54, 1.807) is 0 Å². The quantitative estimate of drug-likeness (QED) is 0.194. The third-order valence-electron chi connectivity index (χ3n) is 5.36. The molecule has 4 rings (SSSR count). The van der Waals surface area contributed by atoms with E-state index in [2.05, 4.69) is 50.2 Å². The molecule has 160 valence electrons. The minimum atomic E-state index is 0.690. The second kappa shape index (κ2) is 10.2. The summed E-state index contributed by atoms with van der Waals surface area (Å²) in [6.07, 6.45) is 4.24. The Balaban J connectivity index is 1.86. The van der Waals surface area contributed by atoms with Gasteiger partial charge in [-0.15, -0.1) is 0 Å². The first-order valence-corrected chi connectivity index (χ1v) is 11.3. The fourth-order valence-corrected chi connectivity index (χ4v) is 3.71. The lowest BCUT2D eigenvalue weighted by molar-refractivity contribution is 0.311. The van der Waals surface area contributed by atoms with E-state index in [0.717, 1.165) is 70.2 Å². The maximum absolute atomic E-state index is 6.35. The van der Waals surface area contributed by atoms with Crippen LogP contribution < -0.4 is 14.2 Å². The SMILES string of the molecule is CCCCOc1c2ccccc2c(OCCCC)c2cc(Oc3ccccc3)ccc12. The third-order valence-corrected chi connectivity index (χ3v) is 5.36. The minimum absolute atomic E-state index is 0.690. The van der Waals surface area contributed by atoms with E-state index in [0.29, 0.717) is 13.2 Å². The molecule has 0 amide bonds. The Hall–Kier alpha value is -3.20. The first kappa shape index (κ1) is 21.0. The highest BCUT2D eigenvalue weighted by molar-refractivity contribution is 6.11. The average Bonchev–Trinajstić information content (AvgIpc) is 2.81. The van der Waals surface area contributed by atoms with Crippen molar-refractivity contribution in [3.63, 3.8) is 0 Å². The predicted molar refractivity (Wildman–Crippen MR) is 129 cm³/mol. The van der Waals surface area contributed by atoms with Crippen LogP contribution in [0, 0.1) is 0 Å². The maximum atomic E-state index is 6.35. The Morgan fingerprint density at radius 2 is 1.10 bits per heavy atom. The third kappa shape index (κ3) is 4.77. The molecular formula is C28H30O3. The largest absolute Gasteiger partial charge is 0.492 e. The summed E-state index contributed by atoms with van der Waals surface area (Å²) in [7, 11) is 0. The minimum Gasteiger partial charge on any atom is -0.492 e. The highest BCUT2D eigenvalue weighted by atomic mass is 16.5. The molecule has 0 aliphatic rings. The van der Waals surface area contributed by atoms with E-state index in [4.69, 9.17) is 14.2 Å². The number of ether oxygens (including phenoxy) is 3. The molecule has 0 N–H and O–H groups in total. The van der Waals surface area contributed by atoms with Crippen molar-refractivity contribution in [1.82, 2.24) is 0 Å². The Bertz CT molecular complexity index is 1140. The molecule has 0 unspecified atom stereocenters. The number of benzene rings is 4. The van der Waals surface area contributed by atoms with Crippen molar-refractivity contribution in [2.24, 2.45) is 0 Å². The molecule has 4 aromatic carbocycles. The lowest BCUT2D eigenvalue weighted by atomic mass is 10.00. The van der Waals surface area contributed by atoms with Crippen LogP contribution >= 0.6 is 0 Å². The summed E-state index contributed by atoms with van der Waals surface area (Å²) in [5.41, 5.74) is 0. The van der Waals surface area contributed by atoms with Crippen LogP contribution in [0.2, 0.25) is 0 Å². The topological polar surface area (TPSA) is 27.7 Å². The molecule has 0 saturated heterocycles. The monoisotopic (exact) mass is 414 g/mol. The fourth-order valence-electron chi connectivity index (χ4n) is 3.71. The zero-order chi connectivity index (χ0) is 21.5. The molecule has 0 aromatic heterocycles. The highest BCUT2D eigenvalue weighted by Crippen LogP contribution is 2.44. The van der Waals surface area contributed by atoms with Crippen LogP contribution in [0.25, 0.3) is 21.5 Å². The highest BCUT2D eigenvalue weighted by Gasteiger charge is 2.17. The lowest BCUT2D eigenvalue weighted by Crippen LogP contribution is -2.02. The molecule has 0 radical (unpaired) electrons. The van der Waals surface area contributed by atoms with Gasteiger partial charge in [0, 0.05) is 21.5 Å². The van der Waals surface area contributed by atoms with Crippen molar-refractivity contribution in [2.75, 3.05) is 13.2 Å². The molecule has 3 nitrogen and oxygen atoms in total. The molecule has 0 bridgehead atoms.